The number of carbonyl (C=O) groups excluding carboxylic acids is 1. The van der Waals surface area contributed by atoms with Gasteiger partial charge in [0.2, 0.25) is 5.91 Å². The Morgan fingerprint density at radius 1 is 1.39 bits per heavy atom. The topological polar surface area (TPSA) is 68.3 Å². The van der Waals surface area contributed by atoms with Crippen LogP contribution in [0.3, 0.4) is 0 Å². The second-order valence-corrected chi connectivity index (χ2v) is 5.57. The Hall–Kier alpha value is -1.59. The van der Waals surface area contributed by atoms with E-state index >= 15 is 0 Å². The fourth-order valence-corrected chi connectivity index (χ4v) is 1.62. The Labute approximate surface area is 107 Å². The lowest BCUT2D eigenvalue weighted by Gasteiger charge is -2.17. The fourth-order valence-electron chi connectivity index (χ4n) is 1.62. The zero-order chi connectivity index (χ0) is 13.9. The molecule has 1 amide bonds. The maximum Gasteiger partial charge on any atom is 0.441 e. The van der Waals surface area contributed by atoms with Gasteiger partial charge >= 0.3 is 5.76 Å². The largest absolute Gasteiger partial charge is 0.441 e. The molecular weight excluding hydrogens is 234 g/mol. The van der Waals surface area contributed by atoms with Crippen LogP contribution < -0.4 is 5.76 Å². The number of carbonyl (C=O) groups is 1. The van der Waals surface area contributed by atoms with E-state index in [0.717, 1.165) is 0 Å². The van der Waals surface area contributed by atoms with Crippen LogP contribution in [-0.2, 0) is 16.8 Å². The smallest absolute Gasteiger partial charge is 0.349 e. The van der Waals surface area contributed by atoms with E-state index in [0.29, 0.717) is 25.2 Å². The van der Waals surface area contributed by atoms with Crippen molar-refractivity contribution in [1.82, 2.24) is 14.6 Å². The summed E-state index contributed by atoms with van der Waals surface area (Å²) in [5.74, 6) is 0.207. The third kappa shape index (κ3) is 3.45. The summed E-state index contributed by atoms with van der Waals surface area (Å²) in [6.07, 6.45) is 1.01. The van der Waals surface area contributed by atoms with E-state index in [1.54, 1.807) is 19.0 Å². The van der Waals surface area contributed by atoms with Crippen LogP contribution in [0.1, 0.15) is 39.4 Å². The third-order valence-corrected chi connectivity index (χ3v) is 2.63. The minimum atomic E-state index is -0.461. The van der Waals surface area contributed by atoms with Gasteiger partial charge in [-0.25, -0.2) is 4.79 Å². The summed E-state index contributed by atoms with van der Waals surface area (Å²) in [7, 11) is 3.43. The molecule has 18 heavy (non-hydrogen) atoms. The van der Waals surface area contributed by atoms with Crippen molar-refractivity contribution in [2.75, 3.05) is 14.1 Å². The SMILES string of the molecule is CN(C)C(=O)CCCn1c(C(C)(C)C)noc1=O. The molecular formula is C12H21N3O3. The molecule has 1 rings (SSSR count). The molecule has 0 aliphatic carbocycles. The van der Waals surface area contributed by atoms with E-state index in [-0.39, 0.29) is 11.3 Å². The first-order chi connectivity index (χ1) is 8.23. The van der Waals surface area contributed by atoms with Gasteiger partial charge in [-0.1, -0.05) is 25.9 Å². The first-order valence-electron chi connectivity index (χ1n) is 6.00. The molecule has 0 saturated carbocycles. The van der Waals surface area contributed by atoms with E-state index in [2.05, 4.69) is 9.68 Å². The van der Waals surface area contributed by atoms with Crippen molar-refractivity contribution < 1.29 is 9.32 Å². The van der Waals surface area contributed by atoms with Gasteiger partial charge < -0.3 is 4.90 Å². The maximum absolute atomic E-state index is 11.5. The average Bonchev–Trinajstić information content (AvgIpc) is 2.59. The summed E-state index contributed by atoms with van der Waals surface area (Å²) < 4.78 is 6.19. The highest BCUT2D eigenvalue weighted by atomic mass is 16.5. The molecule has 0 saturated heterocycles. The zero-order valence-corrected chi connectivity index (χ0v) is 11.7. The Balaban J connectivity index is 2.71. The summed E-state index contributed by atoms with van der Waals surface area (Å²) in [4.78, 5) is 24.5. The highest BCUT2D eigenvalue weighted by molar-refractivity contribution is 5.75. The molecule has 6 nitrogen and oxygen atoms in total. The molecule has 0 unspecified atom stereocenters. The predicted molar refractivity (Wildman–Crippen MR) is 67.4 cm³/mol. The fraction of sp³-hybridized carbons (Fsp3) is 0.750. The van der Waals surface area contributed by atoms with E-state index < -0.39 is 5.76 Å². The van der Waals surface area contributed by atoms with E-state index in [9.17, 15) is 9.59 Å². The first-order valence-corrected chi connectivity index (χ1v) is 6.00. The molecule has 1 aromatic rings. The van der Waals surface area contributed by atoms with Crippen LogP contribution in [0, 0.1) is 0 Å². The maximum atomic E-state index is 11.5. The predicted octanol–water partition coefficient (Wildman–Crippen LogP) is 1.00. The van der Waals surface area contributed by atoms with Crippen LogP contribution in [0.25, 0.3) is 0 Å². The number of rotatable bonds is 4. The number of aromatic nitrogens is 2. The number of hydrogen-bond donors (Lipinski definition) is 0. The van der Waals surface area contributed by atoms with Crippen LogP contribution in [0.4, 0.5) is 0 Å². The van der Waals surface area contributed by atoms with Gasteiger partial charge in [0, 0.05) is 32.5 Å². The van der Waals surface area contributed by atoms with E-state index in [1.165, 1.54) is 4.57 Å². The van der Waals surface area contributed by atoms with Gasteiger partial charge in [-0.05, 0) is 6.42 Å². The second-order valence-electron chi connectivity index (χ2n) is 5.57. The molecule has 1 heterocycles. The molecule has 0 fully saturated rings. The summed E-state index contributed by atoms with van der Waals surface area (Å²) in [5, 5.41) is 3.80. The molecule has 0 spiro atoms. The lowest BCUT2D eigenvalue weighted by Crippen LogP contribution is -2.26. The summed E-state index contributed by atoms with van der Waals surface area (Å²) in [6, 6.07) is 0. The molecule has 0 aromatic carbocycles. The van der Waals surface area contributed by atoms with Crippen LogP contribution in [-0.4, -0.2) is 34.6 Å². The Kier molecular flexibility index (Phi) is 4.32. The molecule has 0 aliphatic rings. The van der Waals surface area contributed by atoms with E-state index in [4.69, 9.17) is 0 Å². The molecule has 0 N–H and O–H groups in total. The minimum absolute atomic E-state index is 0.0526. The summed E-state index contributed by atoms with van der Waals surface area (Å²) in [6.45, 7) is 6.35. The highest BCUT2D eigenvalue weighted by Crippen LogP contribution is 2.18. The van der Waals surface area contributed by atoms with Crippen molar-refractivity contribution in [1.29, 1.82) is 0 Å². The second kappa shape index (κ2) is 5.37. The van der Waals surface area contributed by atoms with Crippen molar-refractivity contribution in [2.45, 2.75) is 45.6 Å². The van der Waals surface area contributed by atoms with Crippen LogP contribution in [0.15, 0.2) is 9.32 Å². The van der Waals surface area contributed by atoms with Gasteiger partial charge in [0.15, 0.2) is 5.82 Å². The Bertz CT molecular complexity index is 466. The van der Waals surface area contributed by atoms with Gasteiger partial charge in [0.25, 0.3) is 0 Å². The number of hydrogen-bond acceptors (Lipinski definition) is 4. The van der Waals surface area contributed by atoms with Crippen molar-refractivity contribution in [3.8, 4) is 0 Å². The Morgan fingerprint density at radius 3 is 2.50 bits per heavy atom. The molecule has 0 aliphatic heterocycles. The molecule has 0 bridgehead atoms. The van der Waals surface area contributed by atoms with Gasteiger partial charge in [-0.2, -0.15) is 0 Å². The Morgan fingerprint density at radius 2 is 2.00 bits per heavy atom. The third-order valence-electron chi connectivity index (χ3n) is 2.63. The van der Waals surface area contributed by atoms with Gasteiger partial charge in [-0.15, -0.1) is 0 Å². The van der Waals surface area contributed by atoms with Crippen LogP contribution in [0.2, 0.25) is 0 Å². The minimum Gasteiger partial charge on any atom is -0.349 e. The van der Waals surface area contributed by atoms with E-state index in [1.807, 2.05) is 20.8 Å². The zero-order valence-electron chi connectivity index (χ0n) is 11.7. The number of nitrogens with zero attached hydrogens (tertiary/aromatic N) is 3. The molecule has 1 aromatic heterocycles. The standard InChI is InChI=1S/C12H21N3O3/c1-12(2,3)10-13-18-11(17)15(10)8-6-7-9(16)14(4)5/h6-8H2,1-5H3. The molecule has 0 atom stereocenters. The van der Waals surface area contributed by atoms with Crippen molar-refractivity contribution >= 4 is 5.91 Å². The molecule has 102 valence electrons. The monoisotopic (exact) mass is 255 g/mol. The summed E-state index contributed by atoms with van der Waals surface area (Å²) >= 11 is 0. The van der Waals surface area contributed by atoms with Crippen molar-refractivity contribution in [3.05, 3.63) is 16.4 Å². The quantitative estimate of drug-likeness (QED) is 0.805. The number of amides is 1. The first kappa shape index (κ1) is 14.5. The normalized spacial score (nSPS) is 11.6. The van der Waals surface area contributed by atoms with Crippen molar-refractivity contribution in [3.63, 3.8) is 0 Å². The average molecular weight is 255 g/mol. The lowest BCUT2D eigenvalue weighted by molar-refractivity contribution is -0.128. The van der Waals surface area contributed by atoms with Crippen molar-refractivity contribution in [2.24, 2.45) is 0 Å². The summed E-state index contributed by atoms with van der Waals surface area (Å²) in [5.41, 5.74) is -0.252. The van der Waals surface area contributed by atoms with Crippen LogP contribution in [0.5, 0.6) is 0 Å². The van der Waals surface area contributed by atoms with Gasteiger partial charge in [0.05, 0.1) is 0 Å². The van der Waals surface area contributed by atoms with Gasteiger partial charge in [-0.3, -0.25) is 13.9 Å². The highest BCUT2D eigenvalue weighted by Gasteiger charge is 2.23. The lowest BCUT2D eigenvalue weighted by atomic mass is 9.95. The molecule has 0 radical (unpaired) electrons. The van der Waals surface area contributed by atoms with Crippen LogP contribution >= 0.6 is 0 Å². The van der Waals surface area contributed by atoms with Gasteiger partial charge in [0.1, 0.15) is 0 Å². The molecule has 6 heteroatoms.